The van der Waals surface area contributed by atoms with Crippen molar-refractivity contribution in [3.63, 3.8) is 0 Å². The second-order valence-corrected chi connectivity index (χ2v) is 5.50. The van der Waals surface area contributed by atoms with Crippen LogP contribution in [0.3, 0.4) is 0 Å². The van der Waals surface area contributed by atoms with Gasteiger partial charge in [0, 0.05) is 35.3 Å². The number of H-pyrrole nitrogens is 1. The minimum absolute atomic E-state index is 0.445. The number of hydrogen-bond donors (Lipinski definition) is 3. The highest BCUT2D eigenvalue weighted by Crippen LogP contribution is 2.29. The van der Waals surface area contributed by atoms with Gasteiger partial charge in [-0.15, -0.1) is 0 Å². The normalized spacial score (nSPS) is 11.5. The average Bonchev–Trinajstić information content (AvgIpc) is 3.22. The van der Waals surface area contributed by atoms with Crippen LogP contribution >= 0.6 is 0 Å². The van der Waals surface area contributed by atoms with Gasteiger partial charge in [-0.2, -0.15) is 10.2 Å². The molecule has 4 aromatic rings. The quantitative estimate of drug-likeness (QED) is 0.533. The Balaban J connectivity index is 1.89. The molecule has 0 aliphatic heterocycles. The molecule has 1 aromatic carbocycles. The molecule has 7 nitrogen and oxygen atoms in total. The number of hydrogen-bond acceptors (Lipinski definition) is 5. The summed E-state index contributed by atoms with van der Waals surface area (Å²) in [4.78, 5) is 4.51. The van der Waals surface area contributed by atoms with Gasteiger partial charge in [-0.3, -0.25) is 9.78 Å². The van der Waals surface area contributed by atoms with Gasteiger partial charge in [0.1, 0.15) is 5.52 Å². The standard InChI is InChI=1S/C16H17N7/c17-5-1-7-23-9-12-11-3-2-10(13-4-6-19-21-13)8-14(11)20-16(18)15(12)22-23/h2-4,6,8-9H,1,5,7,17H2,(H2,18,20)(H,19,21). The van der Waals surface area contributed by atoms with Gasteiger partial charge in [0.2, 0.25) is 0 Å². The number of fused-ring (bicyclic) bond motifs is 3. The monoisotopic (exact) mass is 307 g/mol. The van der Waals surface area contributed by atoms with Crippen LogP contribution in [0.2, 0.25) is 0 Å². The minimum Gasteiger partial charge on any atom is -0.382 e. The van der Waals surface area contributed by atoms with Gasteiger partial charge in [-0.05, 0) is 25.1 Å². The SMILES string of the molecule is NCCCn1cc2c(n1)c(N)nc1cc(-c3ccn[nH]3)ccc12. The third-order valence-electron chi connectivity index (χ3n) is 3.94. The summed E-state index contributed by atoms with van der Waals surface area (Å²) in [5.41, 5.74) is 15.2. The fraction of sp³-hybridized carbons (Fsp3) is 0.188. The summed E-state index contributed by atoms with van der Waals surface area (Å²) in [5, 5.41) is 13.5. The molecule has 0 aliphatic rings. The third-order valence-corrected chi connectivity index (χ3v) is 3.94. The molecule has 0 unspecified atom stereocenters. The van der Waals surface area contributed by atoms with Crippen molar-refractivity contribution in [2.75, 3.05) is 12.3 Å². The zero-order chi connectivity index (χ0) is 15.8. The smallest absolute Gasteiger partial charge is 0.152 e. The lowest BCUT2D eigenvalue weighted by Gasteiger charge is -2.03. The van der Waals surface area contributed by atoms with Crippen molar-refractivity contribution >= 4 is 27.6 Å². The van der Waals surface area contributed by atoms with Crippen molar-refractivity contribution < 1.29 is 0 Å². The van der Waals surface area contributed by atoms with Gasteiger partial charge >= 0.3 is 0 Å². The van der Waals surface area contributed by atoms with Gasteiger partial charge < -0.3 is 11.5 Å². The number of nitrogens with two attached hydrogens (primary N) is 2. The van der Waals surface area contributed by atoms with Gasteiger partial charge in [0.25, 0.3) is 0 Å². The van der Waals surface area contributed by atoms with E-state index in [1.165, 1.54) is 0 Å². The Morgan fingerprint density at radius 2 is 2.09 bits per heavy atom. The number of nitrogen functional groups attached to an aromatic ring is 1. The number of pyridine rings is 1. The first-order valence-electron chi connectivity index (χ1n) is 7.52. The highest BCUT2D eigenvalue weighted by atomic mass is 15.3. The molecule has 0 amide bonds. The Labute approximate surface area is 132 Å². The topological polar surface area (TPSA) is 111 Å². The predicted molar refractivity (Wildman–Crippen MR) is 90.7 cm³/mol. The third kappa shape index (κ3) is 2.31. The fourth-order valence-electron chi connectivity index (χ4n) is 2.79. The molecule has 0 radical (unpaired) electrons. The number of nitrogens with zero attached hydrogens (tertiary/aromatic N) is 4. The van der Waals surface area contributed by atoms with Gasteiger partial charge in [-0.1, -0.05) is 12.1 Å². The van der Waals surface area contributed by atoms with Crippen LogP contribution in [0, 0.1) is 0 Å². The number of aryl methyl sites for hydroxylation is 1. The van der Waals surface area contributed by atoms with E-state index in [0.29, 0.717) is 12.4 Å². The van der Waals surface area contributed by atoms with E-state index in [2.05, 4.69) is 26.3 Å². The van der Waals surface area contributed by atoms with Crippen LogP contribution in [0.15, 0.2) is 36.7 Å². The number of aromatic nitrogens is 5. The first-order valence-corrected chi connectivity index (χ1v) is 7.52. The molecule has 0 aliphatic carbocycles. The lowest BCUT2D eigenvalue weighted by Crippen LogP contribution is -2.05. The number of benzene rings is 1. The summed E-state index contributed by atoms with van der Waals surface area (Å²) in [6.45, 7) is 1.41. The molecule has 0 atom stereocenters. The van der Waals surface area contributed by atoms with Crippen LogP contribution < -0.4 is 11.5 Å². The maximum absolute atomic E-state index is 6.10. The molecule has 4 rings (SSSR count). The van der Waals surface area contributed by atoms with Crippen LogP contribution in [0.5, 0.6) is 0 Å². The van der Waals surface area contributed by atoms with Crippen molar-refractivity contribution in [3.8, 4) is 11.3 Å². The van der Waals surface area contributed by atoms with Crippen molar-refractivity contribution in [1.29, 1.82) is 0 Å². The molecular formula is C16H17N7. The zero-order valence-electron chi connectivity index (χ0n) is 12.5. The Bertz CT molecular complexity index is 969. The van der Waals surface area contributed by atoms with Crippen molar-refractivity contribution in [2.45, 2.75) is 13.0 Å². The summed E-state index contributed by atoms with van der Waals surface area (Å²) in [7, 11) is 0. The van der Waals surface area contributed by atoms with Crippen molar-refractivity contribution in [2.24, 2.45) is 5.73 Å². The summed E-state index contributed by atoms with van der Waals surface area (Å²) >= 11 is 0. The van der Waals surface area contributed by atoms with E-state index in [4.69, 9.17) is 11.5 Å². The largest absolute Gasteiger partial charge is 0.382 e. The van der Waals surface area contributed by atoms with E-state index in [1.54, 1.807) is 6.20 Å². The molecule has 0 fully saturated rings. The molecule has 3 heterocycles. The highest BCUT2D eigenvalue weighted by Gasteiger charge is 2.12. The lowest BCUT2D eigenvalue weighted by molar-refractivity contribution is 0.590. The van der Waals surface area contributed by atoms with E-state index in [9.17, 15) is 0 Å². The minimum atomic E-state index is 0.445. The summed E-state index contributed by atoms with van der Waals surface area (Å²) in [5.74, 6) is 0.445. The van der Waals surface area contributed by atoms with Gasteiger partial charge in [0.15, 0.2) is 5.82 Å². The fourth-order valence-corrected chi connectivity index (χ4v) is 2.79. The van der Waals surface area contributed by atoms with Gasteiger partial charge in [0.05, 0.1) is 11.2 Å². The second-order valence-electron chi connectivity index (χ2n) is 5.50. The number of nitrogens with one attached hydrogen (secondary N) is 1. The molecule has 0 saturated heterocycles. The molecule has 5 N–H and O–H groups in total. The van der Waals surface area contributed by atoms with E-state index in [-0.39, 0.29) is 0 Å². The molecule has 3 aromatic heterocycles. The second kappa shape index (κ2) is 5.36. The molecule has 0 bridgehead atoms. The van der Waals surface area contributed by atoms with Gasteiger partial charge in [-0.25, -0.2) is 4.98 Å². The highest BCUT2D eigenvalue weighted by molar-refractivity contribution is 6.08. The average molecular weight is 307 g/mol. The van der Waals surface area contributed by atoms with Crippen LogP contribution in [0.1, 0.15) is 6.42 Å². The van der Waals surface area contributed by atoms with Crippen LogP contribution in [-0.2, 0) is 6.54 Å². The Morgan fingerprint density at radius 1 is 1.17 bits per heavy atom. The molecular weight excluding hydrogens is 290 g/mol. The summed E-state index contributed by atoms with van der Waals surface area (Å²) in [6, 6.07) is 8.03. The maximum Gasteiger partial charge on any atom is 0.152 e. The molecule has 0 saturated carbocycles. The molecule has 116 valence electrons. The van der Waals surface area contributed by atoms with E-state index in [0.717, 1.165) is 46.0 Å². The Morgan fingerprint density at radius 3 is 2.87 bits per heavy atom. The van der Waals surface area contributed by atoms with E-state index in [1.807, 2.05) is 29.1 Å². The summed E-state index contributed by atoms with van der Waals surface area (Å²) < 4.78 is 1.89. The van der Waals surface area contributed by atoms with Crippen molar-refractivity contribution in [1.82, 2.24) is 25.0 Å². The Kier molecular flexibility index (Phi) is 3.20. The summed E-state index contributed by atoms with van der Waals surface area (Å²) in [6.07, 6.45) is 4.62. The zero-order valence-corrected chi connectivity index (χ0v) is 12.5. The van der Waals surface area contributed by atoms with E-state index < -0.39 is 0 Å². The number of aromatic amines is 1. The maximum atomic E-state index is 6.10. The van der Waals surface area contributed by atoms with Crippen LogP contribution in [0.4, 0.5) is 5.82 Å². The Hall–Kier alpha value is -2.93. The van der Waals surface area contributed by atoms with E-state index >= 15 is 0 Å². The van der Waals surface area contributed by atoms with Crippen LogP contribution in [-0.4, -0.2) is 31.5 Å². The van der Waals surface area contributed by atoms with Crippen LogP contribution in [0.25, 0.3) is 33.1 Å². The molecule has 23 heavy (non-hydrogen) atoms. The molecule has 0 spiro atoms. The first kappa shape index (κ1) is 13.7. The van der Waals surface area contributed by atoms with Crippen molar-refractivity contribution in [3.05, 3.63) is 36.7 Å². The first-order chi connectivity index (χ1) is 11.3. The number of rotatable bonds is 4. The number of anilines is 1. The molecule has 7 heteroatoms. The predicted octanol–water partition coefficient (Wildman–Crippen LogP) is 1.91. The lowest BCUT2D eigenvalue weighted by atomic mass is 10.1.